The number of rotatable bonds is 13. The van der Waals surface area contributed by atoms with Crippen LogP contribution in [0, 0.1) is 5.92 Å². The van der Waals surface area contributed by atoms with Crippen molar-refractivity contribution in [1.29, 1.82) is 0 Å². The molecule has 0 aliphatic heterocycles. The average Bonchev–Trinajstić information content (AvgIpc) is 2.62. The van der Waals surface area contributed by atoms with Gasteiger partial charge in [-0.2, -0.15) is 0 Å². The lowest BCUT2D eigenvalue weighted by Gasteiger charge is -2.31. The van der Waals surface area contributed by atoms with E-state index in [0.717, 1.165) is 18.0 Å². The number of benzene rings is 1. The maximum absolute atomic E-state index is 11.9. The Kier molecular flexibility index (Phi) is 10.7. The fraction of sp³-hybridized carbons (Fsp3) is 0.591. The molecule has 31 heavy (non-hydrogen) atoms. The smallest absolute Gasteiger partial charge is 0.331 e. The zero-order valence-electron chi connectivity index (χ0n) is 20.6. The molecule has 0 aromatic heterocycles. The molecule has 6 nitrogen and oxygen atoms in total. The highest BCUT2D eigenvalue weighted by molar-refractivity contribution is 6.71. The highest BCUT2D eigenvalue weighted by Crippen LogP contribution is 2.29. The van der Waals surface area contributed by atoms with E-state index in [1.54, 1.807) is 32.4 Å². The van der Waals surface area contributed by atoms with E-state index in [1.807, 2.05) is 13.0 Å². The minimum Gasteiger partial charge on any atom is -0.493 e. The molecule has 0 bridgehead atoms. The molecular weight excluding hydrogens is 444 g/mol. The van der Waals surface area contributed by atoms with Gasteiger partial charge in [0.2, 0.25) is 0 Å². The number of carboxylic acid groups (broad SMARTS) is 1. The molecule has 0 spiro atoms. The molecule has 1 N–H and O–H groups in total. The Labute approximate surface area is 192 Å². The molecule has 0 aliphatic rings. The summed E-state index contributed by atoms with van der Waals surface area (Å²) < 4.78 is 23.2. The summed E-state index contributed by atoms with van der Waals surface area (Å²) in [6.45, 7) is 15.1. The molecule has 1 aromatic carbocycles. The van der Waals surface area contributed by atoms with Gasteiger partial charge in [0, 0.05) is 5.57 Å². The van der Waals surface area contributed by atoms with Crippen molar-refractivity contribution < 1.29 is 28.2 Å². The Morgan fingerprint density at radius 3 is 2.03 bits per heavy atom. The molecule has 1 rings (SSSR count). The van der Waals surface area contributed by atoms with Crippen LogP contribution in [0.1, 0.15) is 18.9 Å². The van der Waals surface area contributed by atoms with Crippen molar-refractivity contribution in [2.75, 3.05) is 14.2 Å². The summed E-state index contributed by atoms with van der Waals surface area (Å²) in [7, 11) is -0.912. The van der Waals surface area contributed by atoms with Gasteiger partial charge in [0.15, 0.2) is 28.1 Å². The summed E-state index contributed by atoms with van der Waals surface area (Å²) in [5.41, 5.74) is 1.18. The van der Waals surface area contributed by atoms with Crippen molar-refractivity contribution >= 4 is 38.2 Å². The number of hydrogen-bond acceptors (Lipinski definition) is 5. The van der Waals surface area contributed by atoms with Crippen LogP contribution >= 0.6 is 0 Å². The third kappa shape index (κ3) is 10.6. The number of carbonyl (C=O) groups is 1. The number of aliphatic carboxylic acids is 1. The number of methoxy groups -OCH3 is 2. The van der Waals surface area contributed by atoms with Gasteiger partial charge >= 0.3 is 5.97 Å². The molecule has 0 amide bonds. The van der Waals surface area contributed by atoms with Crippen LogP contribution in [0.25, 0.3) is 6.08 Å². The zero-order valence-corrected chi connectivity index (χ0v) is 24.0. The minimum atomic E-state index is -1.70. The van der Waals surface area contributed by atoms with Crippen LogP contribution in [0.15, 0.2) is 23.8 Å². The normalized spacial score (nSPS) is 14.3. The summed E-state index contributed by atoms with van der Waals surface area (Å²) >= 11 is 0. The first kappa shape index (κ1) is 27.6. The molecule has 0 saturated carbocycles. The van der Waals surface area contributed by atoms with Crippen molar-refractivity contribution in [1.82, 2.24) is 0 Å². The first-order valence-corrected chi connectivity index (χ1v) is 19.4. The van der Waals surface area contributed by atoms with Gasteiger partial charge in [-0.3, -0.25) is 0 Å². The Hall–Kier alpha value is -1.40. The van der Waals surface area contributed by atoms with E-state index < -0.39 is 32.1 Å². The van der Waals surface area contributed by atoms with Crippen LogP contribution in [-0.2, 0) is 13.6 Å². The lowest BCUT2D eigenvalue weighted by molar-refractivity contribution is -0.133. The van der Waals surface area contributed by atoms with Crippen LogP contribution in [0.2, 0.25) is 45.3 Å². The second kappa shape index (κ2) is 12.0. The average molecular weight is 485 g/mol. The van der Waals surface area contributed by atoms with Crippen LogP contribution in [0.3, 0.4) is 0 Å². The number of ether oxygens (including phenoxy) is 2. The summed E-state index contributed by atoms with van der Waals surface area (Å²) in [5, 5.41) is 9.80. The first-order chi connectivity index (χ1) is 14.3. The third-order valence-corrected chi connectivity index (χ3v) is 8.78. The standard InChI is InChI=1S/C22H40O6Si3/c1-16(12-13-29-22(27-30(4,5)6)28-31(7,8)9)18(21(23)24)14-17-10-11-19(25-2)20(15-17)26-3/h10-11,14-16,22H,12-13,29H2,1-9H3,(H,23,24). The summed E-state index contributed by atoms with van der Waals surface area (Å²) in [4.78, 5) is 11.9. The summed E-state index contributed by atoms with van der Waals surface area (Å²) in [5.74, 6) is 0.158. The molecule has 0 aliphatic carbocycles. The predicted molar refractivity (Wildman–Crippen MR) is 135 cm³/mol. The van der Waals surface area contributed by atoms with Crippen molar-refractivity contribution in [3.8, 4) is 11.5 Å². The van der Waals surface area contributed by atoms with E-state index in [2.05, 4.69) is 39.3 Å². The van der Waals surface area contributed by atoms with Crippen LogP contribution < -0.4 is 9.47 Å². The highest BCUT2D eigenvalue weighted by Gasteiger charge is 2.27. The van der Waals surface area contributed by atoms with Gasteiger partial charge in [0.25, 0.3) is 0 Å². The molecule has 9 heteroatoms. The first-order valence-electron chi connectivity index (χ1n) is 10.8. The Morgan fingerprint density at radius 2 is 1.58 bits per heavy atom. The van der Waals surface area contributed by atoms with E-state index in [-0.39, 0.29) is 11.8 Å². The molecule has 0 saturated heterocycles. The quantitative estimate of drug-likeness (QED) is 0.247. The van der Waals surface area contributed by atoms with Crippen LogP contribution in [0.5, 0.6) is 11.5 Å². The number of carboxylic acids is 1. The van der Waals surface area contributed by atoms with Gasteiger partial charge in [0.1, 0.15) is 5.91 Å². The van der Waals surface area contributed by atoms with Crippen molar-refractivity contribution in [2.24, 2.45) is 5.92 Å². The van der Waals surface area contributed by atoms with Crippen molar-refractivity contribution in [2.45, 2.75) is 64.6 Å². The van der Waals surface area contributed by atoms with E-state index >= 15 is 0 Å². The van der Waals surface area contributed by atoms with Gasteiger partial charge in [0.05, 0.1) is 23.7 Å². The monoisotopic (exact) mass is 484 g/mol. The van der Waals surface area contributed by atoms with E-state index in [0.29, 0.717) is 17.1 Å². The van der Waals surface area contributed by atoms with E-state index in [4.69, 9.17) is 18.3 Å². The highest BCUT2D eigenvalue weighted by atomic mass is 28.4. The van der Waals surface area contributed by atoms with Crippen molar-refractivity contribution in [3.05, 3.63) is 29.3 Å². The van der Waals surface area contributed by atoms with E-state index in [1.165, 1.54) is 0 Å². The second-order valence-electron chi connectivity index (χ2n) is 9.74. The SMILES string of the molecule is COc1ccc(C=C(C(=O)O)C(C)CC[SiH2]C(O[Si](C)(C)C)O[Si](C)(C)C)cc1OC. The van der Waals surface area contributed by atoms with Gasteiger partial charge in [-0.15, -0.1) is 0 Å². The fourth-order valence-corrected chi connectivity index (χ4v) is 10.1. The van der Waals surface area contributed by atoms with Crippen LogP contribution in [0.4, 0.5) is 0 Å². The van der Waals surface area contributed by atoms with Gasteiger partial charge in [-0.25, -0.2) is 4.79 Å². The second-order valence-corrected chi connectivity index (χ2v) is 20.6. The maximum atomic E-state index is 11.9. The van der Waals surface area contributed by atoms with Gasteiger partial charge in [-0.1, -0.05) is 19.0 Å². The Balaban J connectivity index is 2.88. The molecule has 176 valence electrons. The lowest BCUT2D eigenvalue weighted by atomic mass is 9.96. The molecule has 1 aromatic rings. The van der Waals surface area contributed by atoms with Crippen LogP contribution in [-0.4, -0.2) is 57.4 Å². The molecule has 1 atom stereocenters. The van der Waals surface area contributed by atoms with Gasteiger partial charge in [-0.05, 0) is 75.4 Å². The zero-order chi connectivity index (χ0) is 23.8. The Bertz CT molecular complexity index is 737. The summed E-state index contributed by atoms with van der Waals surface area (Å²) in [6.07, 6.45) is 2.53. The van der Waals surface area contributed by atoms with E-state index in [9.17, 15) is 9.90 Å². The Morgan fingerprint density at radius 1 is 1.03 bits per heavy atom. The molecule has 0 heterocycles. The third-order valence-electron chi connectivity index (χ3n) is 4.55. The minimum absolute atomic E-state index is 0.0718. The lowest BCUT2D eigenvalue weighted by Crippen LogP contribution is -2.43. The topological polar surface area (TPSA) is 74.2 Å². The maximum Gasteiger partial charge on any atom is 0.331 e. The van der Waals surface area contributed by atoms with Gasteiger partial charge < -0.3 is 23.4 Å². The largest absolute Gasteiger partial charge is 0.493 e. The van der Waals surface area contributed by atoms with Crippen molar-refractivity contribution in [3.63, 3.8) is 0 Å². The molecular formula is C22H40O6Si3. The molecule has 0 radical (unpaired) electrons. The molecule has 1 unspecified atom stereocenters. The molecule has 0 fully saturated rings. The summed E-state index contributed by atoms with van der Waals surface area (Å²) in [6, 6.07) is 6.39. The number of hydrogen-bond donors (Lipinski definition) is 1. The predicted octanol–water partition coefficient (Wildman–Crippen LogP) is 4.77. The fourth-order valence-electron chi connectivity index (χ4n) is 3.21.